The number of fused-ring (bicyclic) bond motifs is 2. The number of hydrogen-bond acceptors (Lipinski definition) is 32. The second-order valence-electron chi connectivity index (χ2n) is 30.7. The molecule has 10 aromatic rings. The maximum Gasteiger partial charge on any atom is 0.350 e. The highest BCUT2D eigenvalue weighted by Crippen LogP contribution is 2.41. The van der Waals surface area contributed by atoms with Gasteiger partial charge in [-0.2, -0.15) is 0 Å². The molecule has 46 heteroatoms. The standard InChI is InChI=1S/C17H19ClN2O5.C13H12Cl2N2O.C13H13ClN2O2.C12H9BrClFN2O2.C10H11ClN2O3.C10H13ClN2O.C6H3BrClNO2.C6H8O4.C4H9NO.3CH4/c1-17(2)24-15(21)11(16(22)25-17)10-19-12-4-3-5-13(14(12)18)20-6-8-23-9-7-20;14-10-3-4-16-13-9(10)1-2-11(12(13)15)17-5-7-18-8-6-17;14-12-10(16-5-7-18-8-6-16)2-1-9-11(17)3-4-15-13(9)12;1-19-11-3-2-10(16-17-11)12(18)6-4-7(13)9(15)5-8(6)14;11-10-8(12-4-6-16-7-5-12)2-1-3-9(10)13(14)15;11-10-8(12)2-1-3-9(10)13-4-6-14-7-5-13;7-4-2-1-3-5(6(4)8)9(10)11;1-6(2)9-4(7)3-5(8)10-6;1-3-6-4-2-5-1;;;/h3-5,10,19H,6-9H2,1-2H3;1-4H,5-8H2;1-4H,5-8H2,(H,15,17);2-5,12,18H,1H3;1-3H,4-7H2;1-3H,4-7,12H2;1-3H;3H2,1-2H3;5H,1-4H2;3*1H4. The van der Waals surface area contributed by atoms with Crippen molar-refractivity contribution in [1.82, 2.24) is 25.5 Å². The van der Waals surface area contributed by atoms with E-state index in [4.69, 9.17) is 141 Å². The molecule has 0 aliphatic carbocycles. The van der Waals surface area contributed by atoms with E-state index in [2.05, 4.69) is 91.7 Å². The molecule has 0 radical (unpaired) electrons. The first kappa shape index (κ1) is 117. The van der Waals surface area contributed by atoms with Crippen LogP contribution in [0, 0.1) is 26.0 Å². The quantitative estimate of drug-likeness (QED) is 0.0111. The van der Waals surface area contributed by atoms with Crippen molar-refractivity contribution in [3.8, 4) is 5.88 Å². The third-order valence-electron chi connectivity index (χ3n) is 20.5. The van der Waals surface area contributed by atoms with Crippen molar-refractivity contribution >= 4 is 222 Å². The Bertz CT molecular complexity index is 5870. The number of nitro benzene ring substituents is 2. The topological polar surface area (TPSA) is 414 Å². The number of H-pyrrole nitrogens is 1. The number of pyridine rings is 2. The van der Waals surface area contributed by atoms with E-state index < -0.39 is 57.2 Å². The number of aliphatic hydroxyl groups excluding tert-OH is 1. The lowest BCUT2D eigenvalue weighted by molar-refractivity contribution is -0.384. The highest BCUT2D eigenvalue weighted by atomic mass is 79.9. The lowest BCUT2D eigenvalue weighted by Gasteiger charge is -2.30. The molecule has 0 spiro atoms. The van der Waals surface area contributed by atoms with E-state index >= 15 is 0 Å². The zero-order valence-electron chi connectivity index (χ0n) is 74.5. The number of nitro groups is 2. The van der Waals surface area contributed by atoms with Gasteiger partial charge in [-0.3, -0.25) is 39.6 Å². The van der Waals surface area contributed by atoms with Gasteiger partial charge >= 0.3 is 23.9 Å². The average molecular weight is 2230 g/mol. The molecule has 35 nitrogen and oxygen atoms in total. The van der Waals surface area contributed by atoms with Crippen molar-refractivity contribution in [2.45, 2.75) is 74.1 Å². The molecule has 3 aromatic heterocycles. The average Bonchev–Trinajstić information content (AvgIpc) is 0.789. The van der Waals surface area contributed by atoms with Gasteiger partial charge in [-0.25, -0.2) is 14.0 Å². The van der Waals surface area contributed by atoms with Crippen LogP contribution in [0.25, 0.3) is 21.8 Å². The Labute approximate surface area is 865 Å². The van der Waals surface area contributed by atoms with Crippen LogP contribution in [0.5, 0.6) is 5.88 Å². The van der Waals surface area contributed by atoms with E-state index in [0.717, 1.165) is 145 Å². The Kier molecular flexibility index (Phi) is 47.8. The minimum absolute atomic E-state index is 0. The molecular formula is C94H109Br2Cl8FN14O21. The number of carbonyl (C=O) groups is 4. The molecule has 758 valence electrons. The first-order valence-corrected chi connectivity index (χ1v) is 47.0. The Hall–Kier alpha value is -10.1. The van der Waals surface area contributed by atoms with Crippen molar-refractivity contribution < 1.29 is 90.6 Å². The van der Waals surface area contributed by atoms with Crippen molar-refractivity contribution in [1.29, 1.82) is 0 Å². The number of benzene rings is 7. The number of nitrogens with two attached hydrogens (primary N) is 1. The van der Waals surface area contributed by atoms with Crippen molar-refractivity contribution in [2.75, 3.05) is 200 Å². The van der Waals surface area contributed by atoms with Crippen LogP contribution >= 0.6 is 125 Å². The SMILES string of the molecule is C.C.C.C1COCCN1.CC1(C)OC(=O)C(=CNc2cccc(N3CCOCC3)c2Cl)C(=O)O1.CC1(C)OC(=O)CC(=O)O1.COc1ccc(C(O)c2cc(Br)c(F)cc2Cl)nn1.Clc1ccnc2c(Cl)c(N3CCOCC3)ccc12.Nc1cccc(N2CCOCC2)c1Cl.O=[N+]([O-])c1cccc(Br)c1Cl.O=[N+]([O-])c1cccc(N2CCOCC2)c1Cl.O=c1cc[nH]c2c(Cl)c(N3CCOCC3)ccc12. The molecule has 1 unspecified atom stereocenters. The van der Waals surface area contributed by atoms with Gasteiger partial charge in [0.25, 0.3) is 22.9 Å². The van der Waals surface area contributed by atoms with E-state index in [-0.39, 0.29) is 70.6 Å². The molecule has 7 aromatic carbocycles. The Balaban J connectivity index is 0.000000217. The number of nitrogens with one attached hydrogen (secondary N) is 3. The van der Waals surface area contributed by atoms with Crippen molar-refractivity contribution in [3.63, 3.8) is 0 Å². The largest absolute Gasteiger partial charge is 0.480 e. The zero-order valence-corrected chi connectivity index (χ0v) is 83.7. The van der Waals surface area contributed by atoms with Crippen LogP contribution in [-0.2, 0) is 66.5 Å². The number of morpholine rings is 6. The summed E-state index contributed by atoms with van der Waals surface area (Å²) in [5.74, 6) is -5.04. The van der Waals surface area contributed by atoms with E-state index in [1.807, 2.05) is 59.5 Å². The number of carbonyl (C=O) groups excluding carboxylic acids is 4. The van der Waals surface area contributed by atoms with Crippen LogP contribution in [0.4, 0.5) is 55.6 Å². The molecule has 6 N–H and O–H groups in total. The first-order chi connectivity index (χ1) is 65.5. The predicted octanol–water partition coefficient (Wildman–Crippen LogP) is 19.4. The summed E-state index contributed by atoms with van der Waals surface area (Å²) in [6.07, 6.45) is 3.19. The minimum atomic E-state index is -1.26. The smallest absolute Gasteiger partial charge is 0.350 e. The van der Waals surface area contributed by atoms with Crippen LogP contribution in [0.3, 0.4) is 0 Å². The molecule has 0 bridgehead atoms. The molecular weight excluding hydrogens is 2120 g/mol. The summed E-state index contributed by atoms with van der Waals surface area (Å²) in [5.41, 5.74) is 13.2. The molecule has 8 fully saturated rings. The van der Waals surface area contributed by atoms with E-state index in [1.165, 1.54) is 65.3 Å². The lowest BCUT2D eigenvalue weighted by atomic mass is 10.1. The molecule has 140 heavy (non-hydrogen) atoms. The number of anilines is 7. The number of nitrogen functional groups attached to an aromatic ring is 1. The molecule has 18 rings (SSSR count). The number of aromatic amines is 1. The first-order valence-electron chi connectivity index (χ1n) is 42.4. The Morgan fingerprint density at radius 1 is 0.514 bits per heavy atom. The second kappa shape index (κ2) is 57.3. The molecule has 8 aliphatic heterocycles. The lowest BCUT2D eigenvalue weighted by Crippen LogP contribution is -2.42. The van der Waals surface area contributed by atoms with E-state index in [9.17, 15) is 53.7 Å². The van der Waals surface area contributed by atoms with Crippen LogP contribution < -0.4 is 51.0 Å². The van der Waals surface area contributed by atoms with Gasteiger partial charge in [0, 0.05) is 175 Å². The Morgan fingerprint density at radius 2 is 0.957 bits per heavy atom. The molecule has 0 amide bonds. The second-order valence-corrected chi connectivity index (χ2v) is 35.5. The number of ether oxygens (including phenoxy) is 11. The van der Waals surface area contributed by atoms with Gasteiger partial charge in [-0.05, 0) is 117 Å². The number of rotatable bonds is 12. The van der Waals surface area contributed by atoms with Gasteiger partial charge in [0.2, 0.25) is 5.88 Å². The highest BCUT2D eigenvalue weighted by Gasteiger charge is 2.40. The summed E-state index contributed by atoms with van der Waals surface area (Å²) in [6.45, 7) is 24.8. The number of aromatic nitrogens is 4. The van der Waals surface area contributed by atoms with Gasteiger partial charge < -0.3 is 103 Å². The summed E-state index contributed by atoms with van der Waals surface area (Å²) >= 11 is 55.2. The summed E-state index contributed by atoms with van der Waals surface area (Å²) in [7, 11) is 1.47. The normalized spacial score (nSPS) is 16.4. The summed E-state index contributed by atoms with van der Waals surface area (Å²) < 4.78 is 69.8. The third kappa shape index (κ3) is 33.8. The fourth-order valence-corrected chi connectivity index (χ4v) is 16.6. The van der Waals surface area contributed by atoms with Gasteiger partial charge in [-0.1, -0.05) is 139 Å². The van der Waals surface area contributed by atoms with Crippen LogP contribution in [0.2, 0.25) is 40.2 Å². The van der Waals surface area contributed by atoms with Crippen LogP contribution in [-0.4, -0.2) is 235 Å². The molecule has 1 atom stereocenters. The fourth-order valence-electron chi connectivity index (χ4n) is 13.7. The van der Waals surface area contributed by atoms with Crippen molar-refractivity contribution in [3.05, 3.63) is 254 Å². The van der Waals surface area contributed by atoms with Gasteiger partial charge in [0.05, 0.1) is 182 Å². The maximum absolute atomic E-state index is 13.3. The third-order valence-corrected chi connectivity index (χ3v) is 25.0. The number of hydrogen-bond donors (Lipinski definition) is 5. The number of esters is 4. The summed E-state index contributed by atoms with van der Waals surface area (Å²) in [5, 5.41) is 49.9. The molecule has 11 heterocycles. The predicted molar refractivity (Wildman–Crippen MR) is 552 cm³/mol. The van der Waals surface area contributed by atoms with Crippen LogP contribution in [0.1, 0.15) is 73.8 Å². The monoisotopic (exact) mass is 2230 g/mol. The minimum Gasteiger partial charge on any atom is -0.480 e. The molecule has 0 saturated carbocycles. The van der Waals surface area contributed by atoms with E-state index in [1.54, 1.807) is 60.9 Å². The number of halogens is 11. The number of methoxy groups -OCH3 is 1. The van der Waals surface area contributed by atoms with Crippen molar-refractivity contribution in [2.24, 2.45) is 0 Å². The molecule has 8 saturated heterocycles. The summed E-state index contributed by atoms with van der Waals surface area (Å²) in [4.78, 5) is 94.9. The van der Waals surface area contributed by atoms with Gasteiger partial charge in [0.1, 0.15) is 28.4 Å². The van der Waals surface area contributed by atoms with E-state index in [0.29, 0.717) is 127 Å². The Morgan fingerprint density at radius 3 is 1.41 bits per heavy atom. The zero-order chi connectivity index (χ0) is 99.0. The highest BCUT2D eigenvalue weighted by molar-refractivity contribution is 9.10. The van der Waals surface area contributed by atoms with Crippen LogP contribution in [0.15, 0.2) is 171 Å². The molecule has 8 aliphatic rings. The number of cyclic esters (lactones) is 4. The number of nitrogens with zero attached hydrogens (tertiary/aromatic N) is 10. The van der Waals surface area contributed by atoms with Gasteiger partial charge in [-0.15, -0.1) is 10.2 Å². The fraction of sp³-hybridized carbons (Fsp3) is 0.383. The van der Waals surface area contributed by atoms with Gasteiger partial charge in [0.15, 0.2) is 11.0 Å². The summed E-state index contributed by atoms with van der Waals surface area (Å²) in [6, 6.07) is 37.3. The number of aliphatic hydroxyl groups is 1. The maximum atomic E-state index is 13.3.